The summed E-state index contributed by atoms with van der Waals surface area (Å²) in [6.45, 7) is 10.7. The number of benzene rings is 1. The second-order valence-corrected chi connectivity index (χ2v) is 5.92. The Labute approximate surface area is 104 Å². The van der Waals surface area contributed by atoms with Gasteiger partial charge < -0.3 is 9.84 Å². The summed E-state index contributed by atoms with van der Waals surface area (Å²) in [5, 5.41) is 10.1. The Balaban J connectivity index is 2.65. The van der Waals surface area contributed by atoms with Crippen molar-refractivity contribution in [3.05, 3.63) is 23.3 Å². The van der Waals surface area contributed by atoms with Crippen LogP contribution in [0.1, 0.15) is 52.2 Å². The fraction of sp³-hybridized carbons (Fsp3) is 0.600. The summed E-state index contributed by atoms with van der Waals surface area (Å²) in [6.07, 6.45) is 1.93. The van der Waals surface area contributed by atoms with Crippen molar-refractivity contribution in [2.24, 2.45) is 0 Å². The Kier molecular flexibility index (Phi) is 2.64. The van der Waals surface area contributed by atoms with Gasteiger partial charge in [-0.3, -0.25) is 0 Å². The van der Waals surface area contributed by atoms with Gasteiger partial charge in [-0.2, -0.15) is 0 Å². The first-order valence-corrected chi connectivity index (χ1v) is 6.35. The predicted molar refractivity (Wildman–Crippen MR) is 69.8 cm³/mol. The highest BCUT2D eigenvalue weighted by Crippen LogP contribution is 2.52. The standard InChI is InChI=1S/C15H22O2/c1-6-7-10-11(16)8-9-12-13(10)14(2,3)15(4,5)17-12/h8-9,16H,6-7H2,1-5H3. The lowest BCUT2D eigenvalue weighted by Crippen LogP contribution is -2.42. The molecule has 0 atom stereocenters. The fourth-order valence-electron chi connectivity index (χ4n) is 2.59. The van der Waals surface area contributed by atoms with Crippen LogP contribution in [0.3, 0.4) is 0 Å². The van der Waals surface area contributed by atoms with Crippen LogP contribution in [0.15, 0.2) is 12.1 Å². The molecule has 1 aromatic rings. The monoisotopic (exact) mass is 234 g/mol. The summed E-state index contributed by atoms with van der Waals surface area (Å²) in [7, 11) is 0. The van der Waals surface area contributed by atoms with Crippen molar-refractivity contribution in [1.82, 2.24) is 0 Å². The van der Waals surface area contributed by atoms with Crippen LogP contribution in [0, 0.1) is 0 Å². The molecule has 0 fully saturated rings. The van der Waals surface area contributed by atoms with Crippen molar-refractivity contribution in [2.45, 2.75) is 58.5 Å². The third-order valence-electron chi connectivity index (χ3n) is 4.25. The molecular formula is C15H22O2. The van der Waals surface area contributed by atoms with E-state index in [4.69, 9.17) is 4.74 Å². The molecule has 2 heteroatoms. The molecule has 0 saturated carbocycles. The van der Waals surface area contributed by atoms with E-state index >= 15 is 0 Å². The van der Waals surface area contributed by atoms with Gasteiger partial charge in [-0.25, -0.2) is 0 Å². The van der Waals surface area contributed by atoms with Crippen molar-refractivity contribution in [1.29, 1.82) is 0 Å². The number of rotatable bonds is 2. The maximum Gasteiger partial charge on any atom is 0.124 e. The molecule has 0 spiro atoms. The SMILES string of the molecule is CCCc1c(O)ccc2c1C(C)(C)C(C)(C)O2. The molecule has 1 heterocycles. The van der Waals surface area contributed by atoms with Crippen LogP contribution in [-0.4, -0.2) is 10.7 Å². The number of aromatic hydroxyl groups is 1. The minimum absolute atomic E-state index is 0.0778. The maximum atomic E-state index is 10.1. The van der Waals surface area contributed by atoms with Crippen LogP contribution < -0.4 is 4.74 Å². The summed E-state index contributed by atoms with van der Waals surface area (Å²) < 4.78 is 6.04. The van der Waals surface area contributed by atoms with Crippen molar-refractivity contribution >= 4 is 0 Å². The largest absolute Gasteiger partial charge is 0.508 e. The van der Waals surface area contributed by atoms with Gasteiger partial charge in [0.05, 0.1) is 0 Å². The Morgan fingerprint density at radius 3 is 2.41 bits per heavy atom. The van der Waals surface area contributed by atoms with Gasteiger partial charge in [0, 0.05) is 16.5 Å². The van der Waals surface area contributed by atoms with Gasteiger partial charge in [-0.1, -0.05) is 27.2 Å². The van der Waals surface area contributed by atoms with E-state index in [1.807, 2.05) is 6.07 Å². The smallest absolute Gasteiger partial charge is 0.124 e. The Morgan fingerprint density at radius 1 is 1.18 bits per heavy atom. The minimum atomic E-state index is -0.231. The zero-order chi connectivity index (χ0) is 12.8. The lowest BCUT2D eigenvalue weighted by molar-refractivity contribution is 0.0711. The highest BCUT2D eigenvalue weighted by Gasteiger charge is 2.49. The number of ether oxygens (including phenoxy) is 1. The highest BCUT2D eigenvalue weighted by molar-refractivity contribution is 5.56. The number of hydrogen-bond acceptors (Lipinski definition) is 2. The average molecular weight is 234 g/mol. The van der Waals surface area contributed by atoms with Crippen molar-refractivity contribution in [3.63, 3.8) is 0 Å². The molecule has 2 rings (SSSR count). The molecule has 1 aliphatic rings. The molecule has 0 unspecified atom stereocenters. The van der Waals surface area contributed by atoms with Gasteiger partial charge >= 0.3 is 0 Å². The van der Waals surface area contributed by atoms with Crippen LogP contribution >= 0.6 is 0 Å². The normalized spacial score (nSPS) is 19.8. The Bertz CT molecular complexity index is 444. The topological polar surface area (TPSA) is 29.5 Å². The second kappa shape index (κ2) is 3.66. The van der Waals surface area contributed by atoms with E-state index in [2.05, 4.69) is 34.6 Å². The van der Waals surface area contributed by atoms with Crippen LogP contribution in [0.25, 0.3) is 0 Å². The molecule has 1 aromatic carbocycles. The summed E-state index contributed by atoms with van der Waals surface area (Å²) >= 11 is 0. The van der Waals surface area contributed by atoms with Crippen molar-refractivity contribution in [2.75, 3.05) is 0 Å². The molecule has 2 nitrogen and oxygen atoms in total. The average Bonchev–Trinajstić information content (AvgIpc) is 2.39. The summed E-state index contributed by atoms with van der Waals surface area (Å²) in [5.74, 6) is 1.33. The van der Waals surface area contributed by atoms with E-state index < -0.39 is 0 Å². The molecule has 0 bridgehead atoms. The Morgan fingerprint density at radius 2 is 1.82 bits per heavy atom. The first kappa shape index (κ1) is 12.3. The molecule has 0 amide bonds. The molecule has 0 aromatic heterocycles. The van der Waals surface area contributed by atoms with Gasteiger partial charge in [0.1, 0.15) is 17.1 Å². The van der Waals surface area contributed by atoms with E-state index in [0.29, 0.717) is 5.75 Å². The molecule has 0 saturated heterocycles. The van der Waals surface area contributed by atoms with Gasteiger partial charge in [0.25, 0.3) is 0 Å². The molecule has 0 aliphatic carbocycles. The van der Waals surface area contributed by atoms with Gasteiger partial charge in [0.15, 0.2) is 0 Å². The number of phenols is 1. The van der Waals surface area contributed by atoms with E-state index in [0.717, 1.165) is 24.2 Å². The van der Waals surface area contributed by atoms with Crippen LogP contribution in [-0.2, 0) is 11.8 Å². The molecule has 17 heavy (non-hydrogen) atoms. The van der Waals surface area contributed by atoms with Crippen LogP contribution in [0.4, 0.5) is 0 Å². The van der Waals surface area contributed by atoms with Gasteiger partial charge in [0.2, 0.25) is 0 Å². The molecule has 0 radical (unpaired) electrons. The third kappa shape index (κ3) is 1.62. The van der Waals surface area contributed by atoms with Crippen LogP contribution in [0.2, 0.25) is 0 Å². The first-order chi connectivity index (χ1) is 7.81. The summed E-state index contributed by atoms with van der Waals surface area (Å²) in [5.41, 5.74) is 1.93. The maximum absolute atomic E-state index is 10.1. The highest BCUT2D eigenvalue weighted by atomic mass is 16.5. The minimum Gasteiger partial charge on any atom is -0.508 e. The van der Waals surface area contributed by atoms with E-state index in [1.165, 1.54) is 5.56 Å². The summed E-state index contributed by atoms with van der Waals surface area (Å²) in [6, 6.07) is 3.64. The quantitative estimate of drug-likeness (QED) is 0.843. The number of fused-ring (bicyclic) bond motifs is 1. The van der Waals surface area contributed by atoms with Crippen LogP contribution in [0.5, 0.6) is 11.5 Å². The summed E-state index contributed by atoms with van der Waals surface area (Å²) in [4.78, 5) is 0. The number of hydrogen-bond donors (Lipinski definition) is 1. The lowest BCUT2D eigenvalue weighted by atomic mass is 9.71. The fourth-order valence-corrected chi connectivity index (χ4v) is 2.59. The number of phenolic OH excluding ortho intramolecular Hbond substituents is 1. The van der Waals surface area contributed by atoms with Crippen molar-refractivity contribution in [3.8, 4) is 11.5 Å². The van der Waals surface area contributed by atoms with Crippen molar-refractivity contribution < 1.29 is 9.84 Å². The van der Waals surface area contributed by atoms with E-state index in [9.17, 15) is 5.11 Å². The zero-order valence-corrected chi connectivity index (χ0v) is 11.4. The van der Waals surface area contributed by atoms with Gasteiger partial charge in [-0.05, 0) is 32.4 Å². The van der Waals surface area contributed by atoms with E-state index in [1.54, 1.807) is 6.07 Å². The lowest BCUT2D eigenvalue weighted by Gasteiger charge is -2.34. The van der Waals surface area contributed by atoms with Gasteiger partial charge in [-0.15, -0.1) is 0 Å². The first-order valence-electron chi connectivity index (χ1n) is 6.35. The molecular weight excluding hydrogens is 212 g/mol. The zero-order valence-electron chi connectivity index (χ0n) is 11.4. The molecule has 94 valence electrons. The molecule has 1 aliphatic heterocycles. The molecule has 1 N–H and O–H groups in total. The second-order valence-electron chi connectivity index (χ2n) is 5.92. The van der Waals surface area contributed by atoms with E-state index in [-0.39, 0.29) is 11.0 Å². The third-order valence-corrected chi connectivity index (χ3v) is 4.25. The Hall–Kier alpha value is -1.18. The predicted octanol–water partition coefficient (Wildman–Crippen LogP) is 3.79.